The number of aromatic nitrogens is 1. The van der Waals surface area contributed by atoms with Crippen molar-refractivity contribution in [2.24, 2.45) is 11.5 Å². The SMILES string of the molecule is NC(=O)n1cc(NC(=O)N2C[C@@H](N)C[C@H]2C(=O)NCc2ccc(F)c(Cl)c2)c2ccccc21. The van der Waals surface area contributed by atoms with Crippen LogP contribution in [-0.4, -0.2) is 46.1 Å². The third-order valence-corrected chi connectivity index (χ3v) is 5.83. The lowest BCUT2D eigenvalue weighted by Crippen LogP contribution is -2.47. The Labute approximate surface area is 193 Å². The summed E-state index contributed by atoms with van der Waals surface area (Å²) >= 11 is 5.78. The molecule has 1 aromatic heterocycles. The van der Waals surface area contributed by atoms with Crippen molar-refractivity contribution in [3.8, 4) is 0 Å². The van der Waals surface area contributed by atoms with Crippen molar-refractivity contribution in [2.75, 3.05) is 11.9 Å². The Bertz CT molecular complexity index is 1250. The molecule has 0 bridgehead atoms. The number of primary amides is 1. The topological polar surface area (TPSA) is 135 Å². The van der Waals surface area contributed by atoms with Gasteiger partial charge in [-0.05, 0) is 30.2 Å². The van der Waals surface area contributed by atoms with Crippen molar-refractivity contribution in [2.45, 2.75) is 25.0 Å². The Morgan fingerprint density at radius 2 is 1.94 bits per heavy atom. The molecule has 1 saturated heterocycles. The summed E-state index contributed by atoms with van der Waals surface area (Å²) in [6, 6.07) is 8.76. The Hall–Kier alpha value is -3.63. The number of halogens is 2. The zero-order valence-corrected chi connectivity index (χ0v) is 18.2. The maximum atomic E-state index is 13.3. The van der Waals surface area contributed by atoms with E-state index in [2.05, 4.69) is 10.6 Å². The van der Waals surface area contributed by atoms with Crippen molar-refractivity contribution in [3.05, 3.63) is 65.1 Å². The lowest BCUT2D eigenvalue weighted by molar-refractivity contribution is -0.124. The fraction of sp³-hybridized carbons (Fsp3) is 0.227. The highest BCUT2D eigenvalue weighted by atomic mass is 35.5. The van der Waals surface area contributed by atoms with E-state index < -0.39 is 29.8 Å². The van der Waals surface area contributed by atoms with Crippen molar-refractivity contribution in [1.82, 2.24) is 14.8 Å². The molecular formula is C22H22ClFN6O3. The van der Waals surface area contributed by atoms with E-state index in [0.29, 0.717) is 22.2 Å². The van der Waals surface area contributed by atoms with Crippen LogP contribution in [0.3, 0.4) is 0 Å². The van der Waals surface area contributed by atoms with Crippen molar-refractivity contribution < 1.29 is 18.8 Å². The molecule has 11 heteroatoms. The molecule has 4 rings (SSSR count). The molecule has 33 heavy (non-hydrogen) atoms. The van der Waals surface area contributed by atoms with Gasteiger partial charge in [0.1, 0.15) is 11.9 Å². The van der Waals surface area contributed by atoms with Gasteiger partial charge in [0.05, 0.1) is 16.2 Å². The van der Waals surface area contributed by atoms with Gasteiger partial charge in [-0.25, -0.2) is 14.0 Å². The summed E-state index contributed by atoms with van der Waals surface area (Å²) in [4.78, 5) is 39.0. The molecule has 1 fully saturated rings. The molecule has 0 spiro atoms. The number of hydrogen-bond acceptors (Lipinski definition) is 4. The van der Waals surface area contributed by atoms with E-state index in [0.717, 1.165) is 0 Å². The summed E-state index contributed by atoms with van der Waals surface area (Å²) in [5, 5.41) is 6.09. The normalized spacial score (nSPS) is 17.8. The third-order valence-electron chi connectivity index (χ3n) is 5.54. The first kappa shape index (κ1) is 22.6. The Balaban J connectivity index is 1.49. The van der Waals surface area contributed by atoms with Crippen LogP contribution in [0.1, 0.15) is 12.0 Å². The number of rotatable bonds is 4. The predicted octanol–water partition coefficient (Wildman–Crippen LogP) is 2.61. The van der Waals surface area contributed by atoms with Crippen molar-refractivity contribution in [1.29, 1.82) is 0 Å². The molecule has 2 atom stereocenters. The number of nitrogens with two attached hydrogens (primary N) is 2. The van der Waals surface area contributed by atoms with Gasteiger partial charge in [-0.15, -0.1) is 0 Å². The summed E-state index contributed by atoms with van der Waals surface area (Å²) in [7, 11) is 0. The number of carbonyl (C=O) groups excluding carboxylic acids is 3. The first-order chi connectivity index (χ1) is 15.7. The Morgan fingerprint density at radius 1 is 1.18 bits per heavy atom. The number of amides is 4. The molecular weight excluding hydrogens is 451 g/mol. The minimum atomic E-state index is -0.791. The molecule has 4 amide bonds. The zero-order valence-electron chi connectivity index (χ0n) is 17.4. The highest BCUT2D eigenvalue weighted by molar-refractivity contribution is 6.30. The second-order valence-corrected chi connectivity index (χ2v) is 8.24. The number of nitrogens with one attached hydrogen (secondary N) is 2. The fourth-order valence-electron chi connectivity index (χ4n) is 3.95. The van der Waals surface area contributed by atoms with Crippen LogP contribution >= 0.6 is 11.6 Å². The van der Waals surface area contributed by atoms with E-state index in [9.17, 15) is 18.8 Å². The number of anilines is 1. The molecule has 0 aliphatic carbocycles. The quantitative estimate of drug-likeness (QED) is 0.464. The van der Waals surface area contributed by atoms with Gasteiger partial charge in [-0.3, -0.25) is 9.36 Å². The van der Waals surface area contributed by atoms with E-state index in [1.807, 2.05) is 0 Å². The van der Waals surface area contributed by atoms with E-state index in [1.54, 1.807) is 24.3 Å². The lowest BCUT2D eigenvalue weighted by Gasteiger charge is -2.24. The fourth-order valence-corrected chi connectivity index (χ4v) is 4.15. The van der Waals surface area contributed by atoms with Gasteiger partial charge in [-0.1, -0.05) is 35.9 Å². The number of para-hydroxylation sites is 1. The highest BCUT2D eigenvalue weighted by Crippen LogP contribution is 2.27. The van der Waals surface area contributed by atoms with Crippen LogP contribution in [0.4, 0.5) is 19.7 Å². The molecule has 2 heterocycles. The monoisotopic (exact) mass is 472 g/mol. The third kappa shape index (κ3) is 4.62. The van der Waals surface area contributed by atoms with E-state index >= 15 is 0 Å². The maximum Gasteiger partial charge on any atom is 0.323 e. The van der Waals surface area contributed by atoms with Crippen LogP contribution < -0.4 is 22.1 Å². The second kappa shape index (κ2) is 9.08. The van der Waals surface area contributed by atoms with Crippen LogP contribution in [0.15, 0.2) is 48.7 Å². The molecule has 6 N–H and O–H groups in total. The first-order valence-corrected chi connectivity index (χ1v) is 10.6. The van der Waals surface area contributed by atoms with Gasteiger partial charge in [-0.2, -0.15) is 0 Å². The summed E-state index contributed by atoms with van der Waals surface area (Å²) in [5.74, 6) is -0.938. The van der Waals surface area contributed by atoms with Crippen LogP contribution in [0.25, 0.3) is 10.9 Å². The number of benzene rings is 2. The van der Waals surface area contributed by atoms with Gasteiger partial charge in [0.25, 0.3) is 0 Å². The molecule has 1 aliphatic heterocycles. The van der Waals surface area contributed by atoms with Crippen molar-refractivity contribution >= 4 is 46.2 Å². The molecule has 0 saturated carbocycles. The standard InChI is InChI=1S/C22H22ClFN6O3/c23-15-7-12(5-6-16(15)24)9-27-20(31)19-8-13(25)10-30(19)22(33)28-17-11-29(21(26)32)18-4-2-1-3-14(17)18/h1-7,11,13,19H,8-10,25H2,(H2,26,32)(H,27,31)(H,28,33)/t13-,19-/m0/s1. The molecule has 0 radical (unpaired) electrons. The molecule has 9 nitrogen and oxygen atoms in total. The Morgan fingerprint density at radius 3 is 2.67 bits per heavy atom. The molecule has 1 aliphatic rings. The predicted molar refractivity (Wildman–Crippen MR) is 122 cm³/mol. The summed E-state index contributed by atoms with van der Waals surface area (Å²) in [6.07, 6.45) is 1.72. The summed E-state index contributed by atoms with van der Waals surface area (Å²) < 4.78 is 14.6. The minimum absolute atomic E-state index is 0.0410. The van der Waals surface area contributed by atoms with Gasteiger partial charge in [0, 0.05) is 30.7 Å². The number of nitrogens with zero attached hydrogens (tertiary/aromatic N) is 2. The number of fused-ring (bicyclic) bond motifs is 1. The molecule has 3 aromatic rings. The lowest BCUT2D eigenvalue weighted by atomic mass is 10.1. The van der Waals surface area contributed by atoms with Crippen LogP contribution in [0.2, 0.25) is 5.02 Å². The first-order valence-electron chi connectivity index (χ1n) is 10.2. The molecule has 172 valence electrons. The van der Waals surface area contributed by atoms with Gasteiger partial charge in [0.2, 0.25) is 5.91 Å². The largest absolute Gasteiger partial charge is 0.351 e. The van der Waals surface area contributed by atoms with Crippen LogP contribution in [0.5, 0.6) is 0 Å². The number of carbonyl (C=O) groups is 3. The number of likely N-dealkylation sites (tertiary alicyclic amines) is 1. The molecule has 2 aromatic carbocycles. The second-order valence-electron chi connectivity index (χ2n) is 7.83. The zero-order chi connectivity index (χ0) is 23.7. The van der Waals surface area contributed by atoms with Gasteiger partial charge < -0.3 is 27.0 Å². The Kier molecular flexibility index (Phi) is 6.21. The number of hydrogen-bond donors (Lipinski definition) is 4. The molecule has 0 unspecified atom stereocenters. The van der Waals surface area contributed by atoms with E-state index in [1.165, 1.54) is 33.9 Å². The number of urea groups is 1. The van der Waals surface area contributed by atoms with Gasteiger partial charge >= 0.3 is 12.1 Å². The average molecular weight is 473 g/mol. The summed E-state index contributed by atoms with van der Waals surface area (Å²) in [6.45, 7) is 0.298. The minimum Gasteiger partial charge on any atom is -0.351 e. The van der Waals surface area contributed by atoms with Gasteiger partial charge in [0.15, 0.2) is 0 Å². The summed E-state index contributed by atoms with van der Waals surface area (Å²) in [5.41, 5.74) is 13.0. The average Bonchev–Trinajstić information content (AvgIpc) is 3.35. The highest BCUT2D eigenvalue weighted by Gasteiger charge is 2.38. The smallest absolute Gasteiger partial charge is 0.323 e. The van der Waals surface area contributed by atoms with Crippen molar-refractivity contribution in [3.63, 3.8) is 0 Å². The van der Waals surface area contributed by atoms with Crippen LogP contribution in [-0.2, 0) is 11.3 Å². The van der Waals surface area contributed by atoms with E-state index in [4.69, 9.17) is 23.1 Å². The van der Waals surface area contributed by atoms with E-state index in [-0.39, 0.29) is 30.6 Å². The van der Waals surface area contributed by atoms with Crippen LogP contribution in [0, 0.1) is 5.82 Å². The maximum absolute atomic E-state index is 13.3.